The molecule has 0 bridgehead atoms. The summed E-state index contributed by atoms with van der Waals surface area (Å²) in [4.78, 5) is 13.1. The molecule has 0 aliphatic heterocycles. The second kappa shape index (κ2) is 6.45. The molecular formula is C18H13F2N3O2S. The van der Waals surface area contributed by atoms with Gasteiger partial charge in [0.05, 0.1) is 34.6 Å². The highest BCUT2D eigenvalue weighted by Gasteiger charge is 2.15. The highest BCUT2D eigenvalue weighted by molar-refractivity contribution is 7.21. The van der Waals surface area contributed by atoms with E-state index in [4.69, 9.17) is 4.74 Å². The fourth-order valence-corrected chi connectivity index (χ4v) is 3.72. The van der Waals surface area contributed by atoms with Crippen LogP contribution < -0.4 is 9.47 Å². The van der Waals surface area contributed by atoms with Gasteiger partial charge in [0, 0.05) is 5.56 Å². The minimum absolute atomic E-state index is 0.210. The van der Waals surface area contributed by atoms with E-state index in [1.165, 1.54) is 17.5 Å². The first kappa shape index (κ1) is 16.6. The predicted molar refractivity (Wildman–Crippen MR) is 96.1 cm³/mol. The van der Waals surface area contributed by atoms with Crippen molar-refractivity contribution in [2.24, 2.45) is 0 Å². The lowest BCUT2D eigenvalue weighted by atomic mass is 10.1. The zero-order chi connectivity index (χ0) is 18.3. The number of aromatic nitrogens is 3. The van der Waals surface area contributed by atoms with Gasteiger partial charge in [-0.05, 0) is 42.8 Å². The van der Waals surface area contributed by atoms with Crippen LogP contribution in [-0.4, -0.2) is 28.7 Å². The maximum Gasteiger partial charge on any atom is 0.388 e. The second-order valence-electron chi connectivity index (χ2n) is 5.62. The summed E-state index contributed by atoms with van der Waals surface area (Å²) in [5.74, 6) is 0.550. The molecule has 0 unspecified atom stereocenters. The minimum atomic E-state index is -2.94. The molecule has 2 aromatic carbocycles. The van der Waals surface area contributed by atoms with Gasteiger partial charge >= 0.3 is 6.61 Å². The average Bonchev–Trinajstić information content (AvgIpc) is 3.03. The fourth-order valence-electron chi connectivity index (χ4n) is 2.71. The molecule has 0 amide bonds. The van der Waals surface area contributed by atoms with Crippen molar-refractivity contribution in [3.05, 3.63) is 42.1 Å². The van der Waals surface area contributed by atoms with Gasteiger partial charge in [-0.3, -0.25) is 0 Å². The van der Waals surface area contributed by atoms with Crippen LogP contribution in [-0.2, 0) is 0 Å². The van der Waals surface area contributed by atoms with Crippen molar-refractivity contribution in [1.29, 1.82) is 0 Å². The third-order valence-electron chi connectivity index (χ3n) is 3.80. The number of methoxy groups -OCH3 is 1. The van der Waals surface area contributed by atoms with Gasteiger partial charge in [-0.25, -0.2) is 15.0 Å². The molecule has 4 aromatic rings. The summed E-state index contributed by atoms with van der Waals surface area (Å²) >= 11 is 1.51. The smallest absolute Gasteiger partial charge is 0.388 e. The molecule has 132 valence electrons. The van der Waals surface area contributed by atoms with Crippen molar-refractivity contribution in [3.8, 4) is 22.2 Å². The second-order valence-corrected chi connectivity index (χ2v) is 6.65. The quantitative estimate of drug-likeness (QED) is 0.513. The van der Waals surface area contributed by atoms with E-state index in [2.05, 4.69) is 19.7 Å². The van der Waals surface area contributed by atoms with Crippen molar-refractivity contribution in [1.82, 2.24) is 15.0 Å². The molecule has 0 fully saturated rings. The molecule has 5 nitrogen and oxygen atoms in total. The Morgan fingerprint density at radius 2 is 1.92 bits per heavy atom. The Kier molecular flexibility index (Phi) is 4.12. The molecule has 0 N–H and O–H groups in total. The van der Waals surface area contributed by atoms with Gasteiger partial charge in [0.2, 0.25) is 5.88 Å². The first-order valence-electron chi connectivity index (χ1n) is 7.70. The van der Waals surface area contributed by atoms with Crippen LogP contribution in [0.4, 0.5) is 8.78 Å². The zero-order valence-corrected chi connectivity index (χ0v) is 14.7. The van der Waals surface area contributed by atoms with Crippen LogP contribution in [0, 0.1) is 6.92 Å². The van der Waals surface area contributed by atoms with Crippen LogP contribution in [0.15, 0.2) is 36.5 Å². The van der Waals surface area contributed by atoms with Gasteiger partial charge < -0.3 is 9.47 Å². The highest BCUT2D eigenvalue weighted by atomic mass is 32.1. The number of fused-ring (bicyclic) bond motifs is 2. The molecule has 2 heterocycles. The van der Waals surface area contributed by atoms with E-state index in [0.29, 0.717) is 11.0 Å². The molecule has 4 rings (SSSR count). The van der Waals surface area contributed by atoms with Crippen LogP contribution in [0.2, 0.25) is 0 Å². The monoisotopic (exact) mass is 373 g/mol. The maximum absolute atomic E-state index is 12.4. The summed E-state index contributed by atoms with van der Waals surface area (Å²) in [6, 6.07) is 9.41. The Morgan fingerprint density at radius 3 is 2.69 bits per heavy atom. The van der Waals surface area contributed by atoms with Gasteiger partial charge in [-0.15, -0.1) is 11.3 Å². The van der Waals surface area contributed by atoms with E-state index in [9.17, 15) is 8.78 Å². The fraction of sp³-hybridized carbons (Fsp3) is 0.167. The maximum atomic E-state index is 12.4. The molecule has 0 atom stereocenters. The van der Waals surface area contributed by atoms with Crippen LogP contribution in [0.25, 0.3) is 31.8 Å². The number of halogens is 2. The number of thiazole rings is 1. The number of nitrogens with zero attached hydrogens (tertiary/aromatic N) is 3. The van der Waals surface area contributed by atoms with E-state index < -0.39 is 6.61 Å². The molecular weight excluding hydrogens is 360 g/mol. The summed E-state index contributed by atoms with van der Waals surface area (Å²) in [7, 11) is 1.62. The largest absolute Gasteiger partial charge is 0.497 e. The molecule has 0 radical (unpaired) electrons. The number of aryl methyl sites for hydroxylation is 1. The average molecular weight is 373 g/mol. The Bertz CT molecular complexity index is 1110. The summed E-state index contributed by atoms with van der Waals surface area (Å²) < 4.78 is 35.4. The first-order valence-corrected chi connectivity index (χ1v) is 8.52. The molecule has 0 aliphatic carbocycles. The van der Waals surface area contributed by atoms with Crippen molar-refractivity contribution < 1.29 is 18.3 Å². The highest BCUT2D eigenvalue weighted by Crippen LogP contribution is 2.36. The Morgan fingerprint density at radius 1 is 1.08 bits per heavy atom. The van der Waals surface area contributed by atoms with Crippen LogP contribution in [0.3, 0.4) is 0 Å². The van der Waals surface area contributed by atoms with E-state index in [-0.39, 0.29) is 5.88 Å². The lowest BCUT2D eigenvalue weighted by molar-refractivity contribution is -0.0528. The van der Waals surface area contributed by atoms with Gasteiger partial charge in [0.25, 0.3) is 0 Å². The van der Waals surface area contributed by atoms with Crippen molar-refractivity contribution in [2.75, 3.05) is 7.11 Å². The third kappa shape index (κ3) is 3.03. The summed E-state index contributed by atoms with van der Waals surface area (Å²) in [5.41, 5.74) is 3.65. The van der Waals surface area contributed by atoms with Crippen LogP contribution >= 0.6 is 11.3 Å². The molecule has 26 heavy (non-hydrogen) atoms. The molecule has 8 heteroatoms. The number of rotatable bonds is 4. The van der Waals surface area contributed by atoms with E-state index in [1.807, 2.05) is 31.2 Å². The first-order chi connectivity index (χ1) is 12.5. The molecule has 0 aliphatic rings. The van der Waals surface area contributed by atoms with Gasteiger partial charge in [0.15, 0.2) is 0 Å². The number of hydrogen-bond donors (Lipinski definition) is 0. The topological polar surface area (TPSA) is 57.1 Å². The number of hydrogen-bond acceptors (Lipinski definition) is 6. The van der Waals surface area contributed by atoms with Crippen molar-refractivity contribution in [3.63, 3.8) is 0 Å². The lowest BCUT2D eigenvalue weighted by Crippen LogP contribution is -2.04. The number of ether oxygens (including phenoxy) is 2. The minimum Gasteiger partial charge on any atom is -0.497 e. The SMILES string of the molecule is COc1ccc2nc(-c3cc(C)cc4nc(OC(F)F)cnc34)sc2c1. The Balaban J connectivity index is 1.87. The van der Waals surface area contributed by atoms with Gasteiger partial charge in [-0.2, -0.15) is 8.78 Å². The molecule has 0 saturated carbocycles. The molecule has 0 saturated heterocycles. The normalized spacial score (nSPS) is 11.4. The van der Waals surface area contributed by atoms with Crippen molar-refractivity contribution >= 4 is 32.6 Å². The number of alkyl halides is 2. The van der Waals surface area contributed by atoms with Crippen molar-refractivity contribution in [2.45, 2.75) is 13.5 Å². The summed E-state index contributed by atoms with van der Waals surface area (Å²) in [6.45, 7) is -1.04. The Hall–Kier alpha value is -2.87. The van der Waals surface area contributed by atoms with Crippen LogP contribution in [0.1, 0.15) is 5.56 Å². The zero-order valence-electron chi connectivity index (χ0n) is 13.9. The lowest BCUT2D eigenvalue weighted by Gasteiger charge is -2.07. The molecule has 2 aromatic heterocycles. The summed E-state index contributed by atoms with van der Waals surface area (Å²) in [5, 5.41) is 0.777. The van der Waals surface area contributed by atoms with E-state index in [1.54, 1.807) is 13.2 Å². The van der Waals surface area contributed by atoms with E-state index >= 15 is 0 Å². The standard InChI is InChI=1S/C18H13F2N3O2S/c1-9-5-11(16-13(6-9)22-15(8-21-16)25-18(19)20)17-23-12-4-3-10(24-2)7-14(12)26-17/h3-8,18H,1-2H3. The Labute approximate surface area is 151 Å². The number of benzene rings is 2. The summed E-state index contributed by atoms with van der Waals surface area (Å²) in [6.07, 6.45) is 1.20. The van der Waals surface area contributed by atoms with Gasteiger partial charge in [0.1, 0.15) is 10.8 Å². The predicted octanol–water partition coefficient (Wildman–Crippen LogP) is 4.82. The van der Waals surface area contributed by atoms with E-state index in [0.717, 1.165) is 32.1 Å². The van der Waals surface area contributed by atoms with Gasteiger partial charge in [-0.1, -0.05) is 0 Å². The third-order valence-corrected chi connectivity index (χ3v) is 4.86. The van der Waals surface area contributed by atoms with Crippen LogP contribution in [0.5, 0.6) is 11.6 Å². The molecule has 0 spiro atoms.